The van der Waals surface area contributed by atoms with Crippen LogP contribution in [0, 0.1) is 5.92 Å². The number of hydrogen-bond acceptors (Lipinski definition) is 3. The number of fused-ring (bicyclic) bond motifs is 1. The van der Waals surface area contributed by atoms with Gasteiger partial charge in [-0.3, -0.25) is 4.79 Å². The molecule has 0 heterocycles. The lowest BCUT2D eigenvalue weighted by molar-refractivity contribution is 0.0927. The molecule has 0 radical (unpaired) electrons. The second kappa shape index (κ2) is 5.81. The monoisotopic (exact) mass is 329 g/mol. The number of hydrogen-bond donors (Lipinski definition) is 1. The summed E-state index contributed by atoms with van der Waals surface area (Å²) >= 11 is 0. The van der Waals surface area contributed by atoms with Gasteiger partial charge >= 0.3 is 0 Å². The third-order valence-electron chi connectivity index (χ3n) is 4.33. The van der Waals surface area contributed by atoms with Gasteiger partial charge in [0, 0.05) is 11.8 Å². The van der Waals surface area contributed by atoms with E-state index in [-0.39, 0.29) is 16.8 Å². The highest BCUT2D eigenvalue weighted by Gasteiger charge is 2.30. The average Bonchev–Trinajstić information content (AvgIpc) is 2.82. The van der Waals surface area contributed by atoms with Gasteiger partial charge in [0.1, 0.15) is 0 Å². The van der Waals surface area contributed by atoms with Crippen LogP contribution < -0.4 is 5.32 Å². The highest BCUT2D eigenvalue weighted by atomic mass is 32.2. The van der Waals surface area contributed by atoms with Gasteiger partial charge in [-0.2, -0.15) is 0 Å². The van der Waals surface area contributed by atoms with Crippen LogP contribution in [0.1, 0.15) is 34.5 Å². The van der Waals surface area contributed by atoms with Crippen LogP contribution in [0.4, 0.5) is 0 Å². The van der Waals surface area contributed by atoms with E-state index in [2.05, 4.69) is 24.4 Å². The summed E-state index contributed by atoms with van der Waals surface area (Å²) in [7, 11) is -3.25. The average molecular weight is 329 g/mol. The van der Waals surface area contributed by atoms with Crippen molar-refractivity contribution in [2.75, 3.05) is 6.26 Å². The summed E-state index contributed by atoms with van der Waals surface area (Å²) in [6.07, 6.45) is 2.10. The van der Waals surface area contributed by atoms with E-state index < -0.39 is 9.84 Å². The van der Waals surface area contributed by atoms with Crippen LogP contribution in [0.5, 0.6) is 0 Å². The minimum Gasteiger partial charge on any atom is -0.345 e. The Balaban J connectivity index is 1.80. The number of carbonyl (C=O) groups is 1. The second-order valence-electron chi connectivity index (χ2n) is 6.13. The molecule has 0 saturated carbocycles. The summed E-state index contributed by atoms with van der Waals surface area (Å²) in [5, 5.41) is 3.07. The SMILES string of the molecule is C[C@@H]1Cc2ccccc2[C@@H]1NC(=O)c1ccc(S(C)(=O)=O)cc1. The molecule has 5 heteroatoms. The van der Waals surface area contributed by atoms with Crippen LogP contribution in [0.3, 0.4) is 0 Å². The normalized spacial score (nSPS) is 20.1. The molecule has 120 valence electrons. The summed E-state index contributed by atoms with van der Waals surface area (Å²) in [6.45, 7) is 2.12. The van der Waals surface area contributed by atoms with E-state index in [4.69, 9.17) is 0 Å². The highest BCUT2D eigenvalue weighted by Crippen LogP contribution is 2.35. The van der Waals surface area contributed by atoms with Crippen molar-refractivity contribution in [1.82, 2.24) is 5.32 Å². The first-order chi connectivity index (χ1) is 10.9. The fourth-order valence-corrected chi connectivity index (χ4v) is 3.72. The Morgan fingerprint density at radius 3 is 2.39 bits per heavy atom. The van der Waals surface area contributed by atoms with E-state index in [0.29, 0.717) is 11.5 Å². The molecule has 0 bridgehead atoms. The van der Waals surface area contributed by atoms with E-state index in [9.17, 15) is 13.2 Å². The minimum atomic E-state index is -3.25. The van der Waals surface area contributed by atoms with Crippen LogP contribution in [0.2, 0.25) is 0 Å². The molecule has 0 aliphatic heterocycles. The lowest BCUT2D eigenvalue weighted by Gasteiger charge is -2.19. The van der Waals surface area contributed by atoms with Crippen molar-refractivity contribution in [1.29, 1.82) is 0 Å². The molecule has 4 nitrogen and oxygen atoms in total. The second-order valence-corrected chi connectivity index (χ2v) is 8.14. The number of rotatable bonds is 3. The number of carbonyl (C=O) groups excluding carboxylic acids is 1. The fraction of sp³-hybridized carbons (Fsp3) is 0.278. The van der Waals surface area contributed by atoms with E-state index in [1.165, 1.54) is 23.3 Å². The van der Waals surface area contributed by atoms with Gasteiger partial charge in [-0.1, -0.05) is 31.2 Å². The van der Waals surface area contributed by atoms with Crippen molar-refractivity contribution in [2.45, 2.75) is 24.3 Å². The largest absolute Gasteiger partial charge is 0.345 e. The number of benzene rings is 2. The molecule has 2 aromatic carbocycles. The predicted molar refractivity (Wildman–Crippen MR) is 89.1 cm³/mol. The van der Waals surface area contributed by atoms with E-state index in [0.717, 1.165) is 12.7 Å². The maximum atomic E-state index is 12.5. The van der Waals surface area contributed by atoms with Crippen molar-refractivity contribution in [3.8, 4) is 0 Å². The maximum Gasteiger partial charge on any atom is 0.251 e. The lowest BCUT2D eigenvalue weighted by Crippen LogP contribution is -2.30. The van der Waals surface area contributed by atoms with Crippen molar-refractivity contribution in [3.05, 3.63) is 65.2 Å². The van der Waals surface area contributed by atoms with Gasteiger partial charge in [-0.25, -0.2) is 8.42 Å². The Bertz CT molecular complexity index is 841. The molecule has 3 rings (SSSR count). The molecular formula is C18H19NO3S. The molecule has 2 aromatic rings. The first-order valence-corrected chi connectivity index (χ1v) is 9.44. The third-order valence-corrected chi connectivity index (χ3v) is 5.46. The van der Waals surface area contributed by atoms with E-state index >= 15 is 0 Å². The molecule has 0 spiro atoms. The van der Waals surface area contributed by atoms with Crippen molar-refractivity contribution in [2.24, 2.45) is 5.92 Å². The molecule has 1 amide bonds. The molecule has 1 aliphatic carbocycles. The maximum absolute atomic E-state index is 12.5. The van der Waals surface area contributed by atoms with Crippen LogP contribution in [0.25, 0.3) is 0 Å². The summed E-state index contributed by atoms with van der Waals surface area (Å²) < 4.78 is 22.9. The van der Waals surface area contributed by atoms with Crippen molar-refractivity contribution in [3.63, 3.8) is 0 Å². The molecule has 1 N–H and O–H groups in total. The highest BCUT2D eigenvalue weighted by molar-refractivity contribution is 7.90. The molecule has 0 fully saturated rings. The quantitative estimate of drug-likeness (QED) is 0.942. The van der Waals surface area contributed by atoms with Gasteiger partial charge < -0.3 is 5.32 Å². The Kier molecular flexibility index (Phi) is 3.98. The van der Waals surface area contributed by atoms with Crippen LogP contribution in [-0.4, -0.2) is 20.6 Å². The Morgan fingerprint density at radius 2 is 1.74 bits per heavy atom. The third kappa shape index (κ3) is 3.15. The van der Waals surface area contributed by atoms with Gasteiger partial charge in [0.05, 0.1) is 10.9 Å². The molecular weight excluding hydrogens is 310 g/mol. The first kappa shape index (κ1) is 15.7. The van der Waals surface area contributed by atoms with Crippen LogP contribution in [0.15, 0.2) is 53.4 Å². The molecule has 23 heavy (non-hydrogen) atoms. The van der Waals surface area contributed by atoms with Gasteiger partial charge in [0.25, 0.3) is 5.91 Å². The van der Waals surface area contributed by atoms with E-state index in [1.807, 2.05) is 12.1 Å². The van der Waals surface area contributed by atoms with Gasteiger partial charge in [-0.05, 0) is 47.7 Å². The molecule has 0 saturated heterocycles. The van der Waals surface area contributed by atoms with Crippen LogP contribution in [-0.2, 0) is 16.3 Å². The zero-order chi connectivity index (χ0) is 16.6. The number of sulfone groups is 1. The van der Waals surface area contributed by atoms with Crippen molar-refractivity contribution >= 4 is 15.7 Å². The molecule has 2 atom stereocenters. The standard InChI is InChI=1S/C18H19NO3S/c1-12-11-14-5-3-4-6-16(14)17(12)19-18(20)13-7-9-15(10-8-13)23(2,21)22/h3-10,12,17H,11H2,1-2H3,(H,19,20)/t12-,17-/m1/s1. The summed E-state index contributed by atoms with van der Waals surface area (Å²) in [5.41, 5.74) is 2.91. The van der Waals surface area contributed by atoms with E-state index in [1.54, 1.807) is 12.1 Å². The molecule has 0 unspecified atom stereocenters. The Hall–Kier alpha value is -2.14. The van der Waals surface area contributed by atoms with Gasteiger partial charge in [0.15, 0.2) is 9.84 Å². The van der Waals surface area contributed by atoms with Crippen LogP contribution >= 0.6 is 0 Å². The first-order valence-electron chi connectivity index (χ1n) is 7.55. The topological polar surface area (TPSA) is 63.2 Å². The number of amides is 1. The van der Waals surface area contributed by atoms with Gasteiger partial charge in [-0.15, -0.1) is 0 Å². The predicted octanol–water partition coefficient (Wildman–Crippen LogP) is 2.75. The zero-order valence-electron chi connectivity index (χ0n) is 13.1. The molecule has 1 aliphatic rings. The molecule has 0 aromatic heterocycles. The summed E-state index contributed by atoms with van der Waals surface area (Å²) in [6, 6.07) is 14.2. The minimum absolute atomic E-state index is 0.00622. The Labute approximate surface area is 136 Å². The van der Waals surface area contributed by atoms with Gasteiger partial charge in [0.2, 0.25) is 0 Å². The smallest absolute Gasteiger partial charge is 0.251 e. The van der Waals surface area contributed by atoms with Crippen molar-refractivity contribution < 1.29 is 13.2 Å². The summed E-state index contributed by atoms with van der Waals surface area (Å²) in [5.74, 6) is 0.158. The fourth-order valence-electron chi connectivity index (χ4n) is 3.09. The lowest BCUT2D eigenvalue weighted by atomic mass is 10.0. The zero-order valence-corrected chi connectivity index (χ0v) is 13.9. The Morgan fingerprint density at radius 1 is 1.09 bits per heavy atom. The number of nitrogens with one attached hydrogen (secondary N) is 1. The summed E-state index contributed by atoms with van der Waals surface area (Å²) in [4.78, 5) is 12.7.